The van der Waals surface area contributed by atoms with Crippen molar-refractivity contribution < 1.29 is 8.95 Å². The molecule has 1 aliphatic heterocycles. The van der Waals surface area contributed by atoms with Crippen molar-refractivity contribution in [3.8, 4) is 0 Å². The van der Waals surface area contributed by atoms with E-state index in [2.05, 4.69) is 4.40 Å². The van der Waals surface area contributed by atoms with Crippen LogP contribution in [-0.2, 0) is 15.7 Å². The zero-order valence-corrected chi connectivity index (χ0v) is 9.97. The minimum absolute atomic E-state index is 0.258. The summed E-state index contributed by atoms with van der Waals surface area (Å²) < 4.78 is 20.7. The quantitative estimate of drug-likeness (QED) is 0.663. The molecule has 0 aliphatic carbocycles. The van der Waals surface area contributed by atoms with E-state index in [0.717, 1.165) is 26.1 Å². The second-order valence-electron chi connectivity index (χ2n) is 4.59. The lowest BCUT2D eigenvalue weighted by molar-refractivity contribution is 0.0784. The number of nitrogens with zero attached hydrogens (tertiary/aromatic N) is 1. The molecule has 3 nitrogen and oxygen atoms in total. The lowest BCUT2D eigenvalue weighted by atomic mass is 10.0. The van der Waals surface area contributed by atoms with Gasteiger partial charge in [-0.15, -0.1) is 0 Å². The Morgan fingerprint density at radius 2 is 2.21 bits per heavy atom. The molecular formula is C10H19NO2S. The van der Waals surface area contributed by atoms with Crippen LogP contribution in [0.3, 0.4) is 0 Å². The Morgan fingerprint density at radius 3 is 2.71 bits per heavy atom. The van der Waals surface area contributed by atoms with Gasteiger partial charge in [0.1, 0.15) is 11.0 Å². The average molecular weight is 217 g/mol. The molecule has 0 amide bonds. The van der Waals surface area contributed by atoms with Crippen molar-refractivity contribution in [2.75, 3.05) is 13.2 Å². The number of hydrogen-bond acceptors (Lipinski definition) is 2. The highest BCUT2D eigenvalue weighted by Crippen LogP contribution is 2.15. The van der Waals surface area contributed by atoms with E-state index in [1.54, 1.807) is 6.21 Å². The summed E-state index contributed by atoms with van der Waals surface area (Å²) in [5.41, 5.74) is 0. The van der Waals surface area contributed by atoms with Crippen LogP contribution in [0.15, 0.2) is 4.40 Å². The lowest BCUT2D eigenvalue weighted by Crippen LogP contribution is -2.22. The van der Waals surface area contributed by atoms with Crippen LogP contribution in [0.5, 0.6) is 0 Å². The van der Waals surface area contributed by atoms with Gasteiger partial charge in [-0.05, 0) is 33.6 Å². The van der Waals surface area contributed by atoms with Gasteiger partial charge in [-0.3, -0.25) is 0 Å². The van der Waals surface area contributed by atoms with Gasteiger partial charge in [0.15, 0.2) is 0 Å². The summed E-state index contributed by atoms with van der Waals surface area (Å²) in [6.45, 7) is 7.37. The predicted molar refractivity (Wildman–Crippen MR) is 59.9 cm³/mol. The molecule has 2 atom stereocenters. The molecule has 1 fully saturated rings. The maximum atomic E-state index is 11.6. The van der Waals surface area contributed by atoms with Gasteiger partial charge in [0.2, 0.25) is 0 Å². The van der Waals surface area contributed by atoms with Crippen molar-refractivity contribution in [2.24, 2.45) is 10.3 Å². The van der Waals surface area contributed by atoms with E-state index in [4.69, 9.17) is 4.74 Å². The fraction of sp³-hybridized carbons (Fsp3) is 0.900. The van der Waals surface area contributed by atoms with Gasteiger partial charge in [0, 0.05) is 18.7 Å². The van der Waals surface area contributed by atoms with Crippen LogP contribution >= 0.6 is 0 Å². The van der Waals surface area contributed by atoms with E-state index in [9.17, 15) is 4.21 Å². The Bertz CT molecular complexity index is 227. The number of rotatable bonds is 2. The van der Waals surface area contributed by atoms with Crippen molar-refractivity contribution >= 4 is 17.2 Å². The van der Waals surface area contributed by atoms with Crippen LogP contribution < -0.4 is 0 Å². The molecule has 0 radical (unpaired) electrons. The Kier molecular flexibility index (Phi) is 4.26. The average Bonchev–Trinajstić information content (AvgIpc) is 2.14. The molecule has 0 spiro atoms. The largest absolute Gasteiger partial charge is 0.381 e. The highest BCUT2D eigenvalue weighted by molar-refractivity contribution is 7.85. The zero-order valence-electron chi connectivity index (χ0n) is 9.16. The molecule has 0 saturated carbocycles. The van der Waals surface area contributed by atoms with Crippen molar-refractivity contribution in [2.45, 2.75) is 38.4 Å². The molecular weight excluding hydrogens is 198 g/mol. The molecule has 82 valence electrons. The molecule has 0 N–H and O–H groups in total. The Morgan fingerprint density at radius 1 is 1.50 bits per heavy atom. The topological polar surface area (TPSA) is 38.7 Å². The zero-order chi connectivity index (χ0) is 10.6. The van der Waals surface area contributed by atoms with Crippen LogP contribution in [0.2, 0.25) is 0 Å². The minimum atomic E-state index is -1.13. The molecule has 4 heteroatoms. The summed E-state index contributed by atoms with van der Waals surface area (Å²) in [4.78, 5) is 0. The number of ether oxygens (including phenoxy) is 1. The first kappa shape index (κ1) is 11.9. The first-order valence-corrected chi connectivity index (χ1v) is 6.15. The third-order valence-corrected chi connectivity index (χ3v) is 3.45. The Hall–Kier alpha value is -0.220. The second-order valence-corrected chi connectivity index (χ2v) is 6.53. The monoisotopic (exact) mass is 217 g/mol. The van der Waals surface area contributed by atoms with Crippen LogP contribution in [0, 0.1) is 5.92 Å². The summed E-state index contributed by atoms with van der Waals surface area (Å²) in [5.74, 6) is 0.357. The van der Waals surface area contributed by atoms with E-state index < -0.39 is 11.0 Å². The molecule has 1 aliphatic rings. The van der Waals surface area contributed by atoms with E-state index in [0.29, 0.717) is 5.92 Å². The lowest BCUT2D eigenvalue weighted by Gasteiger charge is -2.19. The van der Waals surface area contributed by atoms with Gasteiger partial charge in [-0.2, -0.15) is 4.40 Å². The minimum Gasteiger partial charge on any atom is -0.381 e. The third-order valence-electron chi connectivity index (χ3n) is 2.09. The van der Waals surface area contributed by atoms with E-state index in [1.165, 1.54) is 0 Å². The second kappa shape index (κ2) is 5.03. The van der Waals surface area contributed by atoms with Crippen molar-refractivity contribution in [3.63, 3.8) is 0 Å². The summed E-state index contributed by atoms with van der Waals surface area (Å²) >= 11 is 0. The van der Waals surface area contributed by atoms with Crippen LogP contribution in [0.4, 0.5) is 0 Å². The van der Waals surface area contributed by atoms with Gasteiger partial charge in [-0.25, -0.2) is 4.21 Å². The molecule has 1 unspecified atom stereocenters. The standard InChI is InChI=1S/C10H19NO2S/c1-10(2,3)14(12)11-7-9-5-4-6-13-8-9/h7,9H,4-6,8H2,1-3H3/b11-7+/t9-,14?/m1/s1. The SMILES string of the molecule is CC(C)(C)S(=O)/N=C/[C@H]1CCCOC1. The smallest absolute Gasteiger partial charge is 0.144 e. The first-order chi connectivity index (χ1) is 6.50. The van der Waals surface area contributed by atoms with Crippen molar-refractivity contribution in [3.05, 3.63) is 0 Å². The van der Waals surface area contributed by atoms with Crippen LogP contribution in [0.25, 0.3) is 0 Å². The van der Waals surface area contributed by atoms with Gasteiger partial charge in [0.25, 0.3) is 0 Å². The molecule has 0 bridgehead atoms. The van der Waals surface area contributed by atoms with Crippen molar-refractivity contribution in [1.29, 1.82) is 0 Å². The summed E-state index contributed by atoms with van der Waals surface area (Å²) in [5, 5.41) is 0. The van der Waals surface area contributed by atoms with Gasteiger partial charge < -0.3 is 4.74 Å². The molecule has 0 aromatic rings. The Balaban J connectivity index is 2.42. The van der Waals surface area contributed by atoms with E-state index >= 15 is 0 Å². The summed E-state index contributed by atoms with van der Waals surface area (Å²) in [6, 6.07) is 0. The molecule has 1 rings (SSSR count). The maximum absolute atomic E-state index is 11.6. The highest BCUT2D eigenvalue weighted by atomic mass is 32.2. The molecule has 0 aromatic heterocycles. The third kappa shape index (κ3) is 3.88. The first-order valence-electron chi connectivity index (χ1n) is 5.04. The fourth-order valence-corrected chi connectivity index (χ4v) is 1.78. The summed E-state index contributed by atoms with van der Waals surface area (Å²) in [6.07, 6.45) is 3.99. The highest BCUT2D eigenvalue weighted by Gasteiger charge is 2.19. The van der Waals surface area contributed by atoms with E-state index in [1.807, 2.05) is 20.8 Å². The van der Waals surface area contributed by atoms with Crippen LogP contribution in [-0.4, -0.2) is 28.4 Å². The Labute approximate surface area is 88.5 Å². The van der Waals surface area contributed by atoms with Gasteiger partial charge >= 0.3 is 0 Å². The van der Waals surface area contributed by atoms with E-state index in [-0.39, 0.29) is 4.75 Å². The number of hydrogen-bond donors (Lipinski definition) is 0. The normalized spacial score (nSPS) is 26.6. The predicted octanol–water partition coefficient (Wildman–Crippen LogP) is 1.95. The summed E-state index contributed by atoms with van der Waals surface area (Å²) in [7, 11) is -1.13. The molecule has 1 heterocycles. The van der Waals surface area contributed by atoms with Gasteiger partial charge in [0.05, 0.1) is 11.4 Å². The van der Waals surface area contributed by atoms with Crippen LogP contribution in [0.1, 0.15) is 33.6 Å². The maximum Gasteiger partial charge on any atom is 0.144 e. The fourth-order valence-electron chi connectivity index (χ4n) is 1.18. The molecule has 0 aromatic carbocycles. The molecule has 1 saturated heterocycles. The van der Waals surface area contributed by atoms with Crippen molar-refractivity contribution in [1.82, 2.24) is 0 Å². The van der Waals surface area contributed by atoms with Gasteiger partial charge in [-0.1, -0.05) is 0 Å². The molecule has 14 heavy (non-hydrogen) atoms.